The number of carbonyl (C=O) groups excluding carboxylic acids is 1. The third kappa shape index (κ3) is 2.47. The normalized spacial score (nSPS) is 24.6. The molecule has 4 heteroatoms. The Morgan fingerprint density at radius 3 is 2.20 bits per heavy atom. The van der Waals surface area contributed by atoms with Crippen LogP contribution in [0.3, 0.4) is 0 Å². The van der Waals surface area contributed by atoms with Crippen LogP contribution in [0.2, 0.25) is 0 Å². The Balaban J connectivity index is 1.57. The summed E-state index contributed by atoms with van der Waals surface area (Å²) in [7, 11) is 0. The third-order valence-electron chi connectivity index (χ3n) is 4.62. The molecule has 1 aliphatic carbocycles. The molecule has 108 valence electrons. The van der Waals surface area contributed by atoms with Gasteiger partial charge in [0, 0.05) is 37.8 Å². The summed E-state index contributed by atoms with van der Waals surface area (Å²) in [5.41, 5.74) is 1.33. The average molecular weight is 274 g/mol. The Morgan fingerprint density at radius 1 is 1.15 bits per heavy atom. The van der Waals surface area contributed by atoms with Crippen molar-refractivity contribution in [1.82, 2.24) is 4.90 Å². The second-order valence-electron chi connectivity index (χ2n) is 6.57. The average Bonchev–Trinajstić information content (AvgIpc) is 3.08. The topological polar surface area (TPSA) is 43.8 Å². The van der Waals surface area contributed by atoms with Crippen LogP contribution in [-0.4, -0.2) is 42.1 Å². The molecule has 4 nitrogen and oxygen atoms in total. The summed E-state index contributed by atoms with van der Waals surface area (Å²) < 4.78 is 0. The minimum absolute atomic E-state index is 0.213. The number of carbonyl (C=O) groups is 1. The van der Waals surface area contributed by atoms with Crippen molar-refractivity contribution in [1.29, 1.82) is 0 Å². The van der Waals surface area contributed by atoms with Gasteiger partial charge in [0.15, 0.2) is 0 Å². The fourth-order valence-corrected chi connectivity index (χ4v) is 2.96. The Labute approximate surface area is 120 Å². The van der Waals surface area contributed by atoms with Gasteiger partial charge in [0.25, 0.3) is 0 Å². The van der Waals surface area contributed by atoms with E-state index in [1.807, 2.05) is 17.0 Å². The van der Waals surface area contributed by atoms with Crippen LogP contribution in [0.4, 0.5) is 5.69 Å². The molecule has 0 bridgehead atoms. The number of aromatic hydroxyl groups is 1. The standard InChI is InChI=1S/C16H22N2O2/c1-16(2)11-14(16)15(20)18-9-7-17(8-10-18)12-3-5-13(19)6-4-12/h3-6,14,19H,7-11H2,1-2H3. The highest BCUT2D eigenvalue weighted by Crippen LogP contribution is 2.52. The van der Waals surface area contributed by atoms with E-state index in [0.29, 0.717) is 11.7 Å². The van der Waals surface area contributed by atoms with Crippen LogP contribution in [0.15, 0.2) is 24.3 Å². The third-order valence-corrected chi connectivity index (χ3v) is 4.62. The van der Waals surface area contributed by atoms with Crippen molar-refractivity contribution in [3.63, 3.8) is 0 Å². The van der Waals surface area contributed by atoms with Crippen molar-refractivity contribution in [2.45, 2.75) is 20.3 Å². The molecule has 1 saturated heterocycles. The van der Waals surface area contributed by atoms with Crippen molar-refractivity contribution in [2.75, 3.05) is 31.1 Å². The van der Waals surface area contributed by atoms with Crippen LogP contribution in [0.5, 0.6) is 5.75 Å². The van der Waals surface area contributed by atoms with Crippen molar-refractivity contribution >= 4 is 11.6 Å². The smallest absolute Gasteiger partial charge is 0.226 e. The van der Waals surface area contributed by atoms with E-state index in [2.05, 4.69) is 18.7 Å². The molecule has 0 spiro atoms. The molecule has 1 N–H and O–H groups in total. The van der Waals surface area contributed by atoms with Gasteiger partial charge in [-0.3, -0.25) is 4.79 Å². The monoisotopic (exact) mass is 274 g/mol. The predicted molar refractivity (Wildman–Crippen MR) is 78.8 cm³/mol. The van der Waals surface area contributed by atoms with Gasteiger partial charge in [0.1, 0.15) is 5.75 Å². The zero-order chi connectivity index (χ0) is 14.3. The maximum Gasteiger partial charge on any atom is 0.226 e. The lowest BCUT2D eigenvalue weighted by molar-refractivity contribution is -0.133. The molecule has 1 unspecified atom stereocenters. The number of phenols is 1. The van der Waals surface area contributed by atoms with Gasteiger partial charge >= 0.3 is 0 Å². The molecule has 1 saturated carbocycles. The molecule has 0 aromatic heterocycles. The lowest BCUT2D eigenvalue weighted by Crippen LogP contribution is -2.49. The van der Waals surface area contributed by atoms with E-state index < -0.39 is 0 Å². The second kappa shape index (κ2) is 4.69. The maximum absolute atomic E-state index is 12.3. The van der Waals surface area contributed by atoms with Gasteiger partial charge in [0.2, 0.25) is 5.91 Å². The molecule has 1 atom stereocenters. The van der Waals surface area contributed by atoms with Crippen molar-refractivity contribution in [3.8, 4) is 5.75 Å². The van der Waals surface area contributed by atoms with Crippen LogP contribution in [0, 0.1) is 11.3 Å². The lowest BCUT2D eigenvalue weighted by atomic mass is 10.1. The van der Waals surface area contributed by atoms with E-state index >= 15 is 0 Å². The van der Waals surface area contributed by atoms with Crippen LogP contribution < -0.4 is 4.90 Å². The second-order valence-corrected chi connectivity index (χ2v) is 6.57. The van der Waals surface area contributed by atoms with Crippen molar-refractivity contribution in [3.05, 3.63) is 24.3 Å². The van der Waals surface area contributed by atoms with Gasteiger partial charge in [-0.25, -0.2) is 0 Å². The zero-order valence-electron chi connectivity index (χ0n) is 12.2. The fourth-order valence-electron chi connectivity index (χ4n) is 2.96. The van der Waals surface area contributed by atoms with E-state index in [-0.39, 0.29) is 11.3 Å². The van der Waals surface area contributed by atoms with Gasteiger partial charge in [-0.1, -0.05) is 13.8 Å². The molecular weight excluding hydrogens is 252 g/mol. The molecule has 1 aromatic carbocycles. The number of hydrogen-bond donors (Lipinski definition) is 1. The molecule has 1 heterocycles. The van der Waals surface area contributed by atoms with Crippen LogP contribution in [0.25, 0.3) is 0 Å². The summed E-state index contributed by atoms with van der Waals surface area (Å²) in [4.78, 5) is 16.6. The molecule has 2 fully saturated rings. The lowest BCUT2D eigenvalue weighted by Gasteiger charge is -2.36. The Bertz CT molecular complexity index is 502. The highest BCUT2D eigenvalue weighted by Gasteiger charge is 2.52. The number of amides is 1. The van der Waals surface area contributed by atoms with Gasteiger partial charge in [-0.15, -0.1) is 0 Å². The number of benzene rings is 1. The van der Waals surface area contributed by atoms with Crippen molar-refractivity contribution in [2.24, 2.45) is 11.3 Å². The van der Waals surface area contributed by atoms with E-state index in [4.69, 9.17) is 0 Å². The molecule has 20 heavy (non-hydrogen) atoms. The Morgan fingerprint density at radius 2 is 1.70 bits per heavy atom. The molecule has 1 amide bonds. The van der Waals surface area contributed by atoms with Gasteiger partial charge < -0.3 is 14.9 Å². The number of piperazine rings is 1. The highest BCUT2D eigenvalue weighted by molar-refractivity contribution is 5.82. The first-order valence-corrected chi connectivity index (χ1v) is 7.30. The largest absolute Gasteiger partial charge is 0.508 e. The number of anilines is 1. The van der Waals surface area contributed by atoms with E-state index in [1.54, 1.807) is 12.1 Å². The van der Waals surface area contributed by atoms with Crippen LogP contribution >= 0.6 is 0 Å². The minimum Gasteiger partial charge on any atom is -0.508 e. The molecule has 2 aliphatic rings. The summed E-state index contributed by atoms with van der Waals surface area (Å²) in [5.74, 6) is 0.863. The maximum atomic E-state index is 12.3. The van der Waals surface area contributed by atoms with E-state index in [9.17, 15) is 9.90 Å². The first kappa shape index (κ1) is 13.3. The SMILES string of the molecule is CC1(C)CC1C(=O)N1CCN(c2ccc(O)cc2)CC1. The summed E-state index contributed by atoms with van der Waals surface area (Å²) in [6, 6.07) is 7.27. The molecule has 3 rings (SSSR count). The summed E-state index contributed by atoms with van der Waals surface area (Å²) >= 11 is 0. The Hall–Kier alpha value is -1.71. The van der Waals surface area contributed by atoms with Gasteiger partial charge in [0.05, 0.1) is 0 Å². The van der Waals surface area contributed by atoms with Gasteiger partial charge in [-0.05, 0) is 36.1 Å². The van der Waals surface area contributed by atoms with Crippen molar-refractivity contribution < 1.29 is 9.90 Å². The highest BCUT2D eigenvalue weighted by atomic mass is 16.3. The number of rotatable bonds is 2. The zero-order valence-corrected chi connectivity index (χ0v) is 12.2. The number of hydrogen-bond acceptors (Lipinski definition) is 3. The predicted octanol–water partition coefficient (Wildman–Crippen LogP) is 2.09. The van der Waals surface area contributed by atoms with Crippen LogP contribution in [0.1, 0.15) is 20.3 Å². The Kier molecular flexibility index (Phi) is 3.11. The summed E-state index contributed by atoms with van der Waals surface area (Å²) in [5, 5.41) is 9.32. The number of phenolic OH excluding ortho intramolecular Hbond substituents is 1. The first-order chi connectivity index (χ1) is 9.47. The number of nitrogens with zero attached hydrogens (tertiary/aromatic N) is 2. The first-order valence-electron chi connectivity index (χ1n) is 7.30. The molecule has 0 radical (unpaired) electrons. The van der Waals surface area contributed by atoms with E-state index in [1.165, 1.54) is 0 Å². The van der Waals surface area contributed by atoms with E-state index in [0.717, 1.165) is 38.3 Å². The minimum atomic E-state index is 0.213. The quantitative estimate of drug-likeness (QED) is 0.898. The summed E-state index contributed by atoms with van der Waals surface area (Å²) in [6.07, 6.45) is 1.03. The fraction of sp³-hybridized carbons (Fsp3) is 0.562. The summed E-state index contributed by atoms with van der Waals surface area (Å²) in [6.45, 7) is 7.66. The molecular formula is C16H22N2O2. The molecule has 1 aliphatic heterocycles. The molecule has 1 aromatic rings. The van der Waals surface area contributed by atoms with Crippen LogP contribution in [-0.2, 0) is 4.79 Å². The van der Waals surface area contributed by atoms with Gasteiger partial charge in [-0.2, -0.15) is 0 Å².